The number of hydrogen-bond acceptors (Lipinski definition) is 7. The maximum absolute atomic E-state index is 13.6. The van der Waals surface area contributed by atoms with Gasteiger partial charge in [0.15, 0.2) is 17.4 Å². The van der Waals surface area contributed by atoms with Gasteiger partial charge in [-0.25, -0.2) is 23.0 Å². The summed E-state index contributed by atoms with van der Waals surface area (Å²) in [4.78, 5) is -0.0703. The number of nitrogens with zero attached hydrogens (tertiary/aromatic N) is 3. The molecule has 2 aromatic carbocycles. The Kier molecular flexibility index (Phi) is 4.40. The molecule has 26 heavy (non-hydrogen) atoms. The number of nitrogens with two attached hydrogens (primary N) is 2. The lowest BCUT2D eigenvalue weighted by atomic mass is 10.3. The molecule has 2 aromatic rings. The number of anilines is 2. The normalized spacial score (nSPS) is 16.1. The van der Waals surface area contributed by atoms with Crippen LogP contribution >= 0.6 is 0 Å². The van der Waals surface area contributed by atoms with Crippen LogP contribution in [0.4, 0.5) is 15.8 Å². The first kappa shape index (κ1) is 17.5. The number of benzene rings is 2. The van der Waals surface area contributed by atoms with E-state index < -0.39 is 15.8 Å². The quantitative estimate of drug-likeness (QED) is 0.588. The molecule has 0 unspecified atom stereocenters. The zero-order valence-electron chi connectivity index (χ0n) is 13.2. The molecule has 0 fully saturated rings. The van der Waals surface area contributed by atoms with E-state index in [9.17, 15) is 12.8 Å². The van der Waals surface area contributed by atoms with Gasteiger partial charge < -0.3 is 5.73 Å². The van der Waals surface area contributed by atoms with Gasteiger partial charge in [0, 0.05) is 0 Å². The summed E-state index contributed by atoms with van der Waals surface area (Å²) in [6, 6.07) is 11.3. The number of halogens is 1. The molecule has 3 rings (SSSR count). The van der Waals surface area contributed by atoms with Crippen molar-refractivity contribution in [1.29, 1.82) is 5.41 Å². The minimum atomic E-state index is -3.82. The van der Waals surface area contributed by atoms with Gasteiger partial charge in [0.2, 0.25) is 10.0 Å². The van der Waals surface area contributed by atoms with Crippen molar-refractivity contribution in [1.82, 2.24) is 0 Å². The van der Waals surface area contributed by atoms with Gasteiger partial charge in [-0.3, -0.25) is 10.8 Å². The molecule has 0 radical (unpaired) electrons. The first-order chi connectivity index (χ1) is 12.3. The predicted molar refractivity (Wildman–Crippen MR) is 97.1 cm³/mol. The van der Waals surface area contributed by atoms with Crippen molar-refractivity contribution >= 4 is 38.8 Å². The third-order valence-corrected chi connectivity index (χ3v) is 4.39. The number of amidine groups is 2. The zero-order chi connectivity index (χ0) is 18.9. The highest BCUT2D eigenvalue weighted by Crippen LogP contribution is 2.21. The Labute approximate surface area is 148 Å². The van der Waals surface area contributed by atoms with E-state index >= 15 is 0 Å². The first-order valence-corrected chi connectivity index (χ1v) is 8.76. The van der Waals surface area contributed by atoms with Crippen molar-refractivity contribution in [2.75, 3.05) is 10.4 Å². The van der Waals surface area contributed by atoms with Crippen molar-refractivity contribution in [2.45, 2.75) is 4.90 Å². The van der Waals surface area contributed by atoms with Crippen molar-refractivity contribution in [3.05, 3.63) is 54.3 Å². The molecule has 1 heterocycles. The topological polar surface area (TPSA) is 150 Å². The van der Waals surface area contributed by atoms with E-state index in [0.717, 1.165) is 0 Å². The van der Waals surface area contributed by atoms with Crippen LogP contribution in [-0.4, -0.2) is 25.8 Å². The van der Waals surface area contributed by atoms with Gasteiger partial charge in [0.05, 0.1) is 16.3 Å². The summed E-state index contributed by atoms with van der Waals surface area (Å²) in [5.41, 5.74) is 8.82. The molecule has 0 atom stereocenters. The molecule has 0 saturated heterocycles. The fraction of sp³-hybridized carbons (Fsp3) is 0. The standard InChI is InChI=1S/C15H14FN7O2S/c16-11-3-1-2-4-12(11)20-21-13-14(17)22-23(15(13)18)9-5-7-10(8-6-9)26(19,24)25/h1-8,18,20H,(H2,17,22)(H2,19,24,25)/b18-15?,21-13+. The highest BCUT2D eigenvalue weighted by molar-refractivity contribution is 7.89. The highest BCUT2D eigenvalue weighted by atomic mass is 32.2. The molecule has 134 valence electrons. The molecular weight excluding hydrogens is 361 g/mol. The fourth-order valence-corrected chi connectivity index (χ4v) is 2.68. The second-order valence-corrected chi connectivity index (χ2v) is 6.80. The molecule has 0 saturated carbocycles. The van der Waals surface area contributed by atoms with Gasteiger partial charge in [-0.15, -0.1) is 5.10 Å². The summed E-state index contributed by atoms with van der Waals surface area (Å²) < 4.78 is 36.2. The maximum atomic E-state index is 13.6. The largest absolute Gasteiger partial charge is 0.380 e. The SMILES string of the molecule is N=C1/C(=N/Nc2ccccc2F)C(N)=NN1c1ccc(S(N)(=O)=O)cc1. The van der Waals surface area contributed by atoms with Crippen LogP contribution in [0.5, 0.6) is 0 Å². The van der Waals surface area contributed by atoms with Crippen LogP contribution in [0.3, 0.4) is 0 Å². The Morgan fingerprint density at radius 3 is 2.42 bits per heavy atom. The molecule has 6 N–H and O–H groups in total. The molecule has 11 heteroatoms. The Morgan fingerprint density at radius 2 is 1.81 bits per heavy atom. The Bertz CT molecular complexity index is 1030. The lowest BCUT2D eigenvalue weighted by Crippen LogP contribution is -2.30. The Balaban J connectivity index is 1.84. The smallest absolute Gasteiger partial charge is 0.238 e. The van der Waals surface area contributed by atoms with E-state index in [-0.39, 0.29) is 28.0 Å². The number of nitrogens with one attached hydrogen (secondary N) is 2. The fourth-order valence-electron chi connectivity index (χ4n) is 2.17. The predicted octanol–water partition coefficient (Wildman–Crippen LogP) is 1.01. The van der Waals surface area contributed by atoms with Gasteiger partial charge in [0.1, 0.15) is 5.82 Å². The second kappa shape index (κ2) is 6.54. The van der Waals surface area contributed by atoms with Gasteiger partial charge in [-0.1, -0.05) is 12.1 Å². The van der Waals surface area contributed by atoms with Crippen molar-refractivity contribution < 1.29 is 12.8 Å². The number of primary sulfonamides is 1. The van der Waals surface area contributed by atoms with Crippen molar-refractivity contribution in [3.63, 3.8) is 0 Å². The zero-order valence-corrected chi connectivity index (χ0v) is 14.0. The third-order valence-electron chi connectivity index (χ3n) is 3.46. The van der Waals surface area contributed by atoms with Crippen LogP contribution in [0.15, 0.2) is 63.6 Å². The number of hydrazone groups is 2. The van der Waals surface area contributed by atoms with Crippen LogP contribution in [0.25, 0.3) is 0 Å². The Hall–Kier alpha value is -3.31. The summed E-state index contributed by atoms with van der Waals surface area (Å²) in [6.45, 7) is 0. The minimum Gasteiger partial charge on any atom is -0.380 e. The summed E-state index contributed by atoms with van der Waals surface area (Å²) in [5, 5.41) is 22.3. The van der Waals surface area contributed by atoms with Crippen LogP contribution in [0.2, 0.25) is 0 Å². The summed E-state index contributed by atoms with van der Waals surface area (Å²) in [5.74, 6) is -0.712. The van der Waals surface area contributed by atoms with Gasteiger partial charge in [-0.2, -0.15) is 5.10 Å². The summed E-state index contributed by atoms with van der Waals surface area (Å²) in [6.07, 6.45) is 0. The minimum absolute atomic E-state index is 0.0174. The molecule has 0 bridgehead atoms. The van der Waals surface area contributed by atoms with Crippen LogP contribution in [0.1, 0.15) is 0 Å². The van der Waals surface area contributed by atoms with E-state index in [1.165, 1.54) is 47.5 Å². The lowest BCUT2D eigenvalue weighted by molar-refractivity contribution is 0.598. The molecule has 0 spiro atoms. The molecule has 1 aliphatic rings. The number of para-hydroxylation sites is 1. The molecule has 0 aliphatic carbocycles. The van der Waals surface area contributed by atoms with Crippen LogP contribution in [-0.2, 0) is 10.0 Å². The second-order valence-electron chi connectivity index (χ2n) is 5.24. The van der Waals surface area contributed by atoms with Crippen molar-refractivity contribution in [3.8, 4) is 0 Å². The Morgan fingerprint density at radius 1 is 1.15 bits per heavy atom. The lowest BCUT2D eigenvalue weighted by Gasteiger charge is -2.13. The molecule has 1 aliphatic heterocycles. The van der Waals surface area contributed by atoms with E-state index in [1.54, 1.807) is 6.07 Å². The average molecular weight is 375 g/mol. The van der Waals surface area contributed by atoms with E-state index in [1.807, 2.05) is 0 Å². The number of sulfonamides is 1. The van der Waals surface area contributed by atoms with Crippen molar-refractivity contribution in [2.24, 2.45) is 21.1 Å². The first-order valence-electron chi connectivity index (χ1n) is 7.22. The maximum Gasteiger partial charge on any atom is 0.238 e. The monoisotopic (exact) mass is 375 g/mol. The molecular formula is C15H14FN7O2S. The highest BCUT2D eigenvalue weighted by Gasteiger charge is 2.28. The third kappa shape index (κ3) is 3.38. The summed E-state index contributed by atoms with van der Waals surface area (Å²) >= 11 is 0. The summed E-state index contributed by atoms with van der Waals surface area (Å²) in [7, 11) is -3.82. The van der Waals surface area contributed by atoms with Crippen LogP contribution in [0, 0.1) is 11.2 Å². The molecule has 9 nitrogen and oxygen atoms in total. The van der Waals surface area contributed by atoms with Gasteiger partial charge in [-0.05, 0) is 36.4 Å². The number of rotatable bonds is 4. The van der Waals surface area contributed by atoms with Gasteiger partial charge in [0.25, 0.3) is 0 Å². The molecule has 0 aromatic heterocycles. The molecule has 0 amide bonds. The van der Waals surface area contributed by atoms with Crippen LogP contribution < -0.4 is 21.3 Å². The average Bonchev–Trinajstić information content (AvgIpc) is 2.88. The van der Waals surface area contributed by atoms with E-state index in [4.69, 9.17) is 16.3 Å². The van der Waals surface area contributed by atoms with Gasteiger partial charge >= 0.3 is 0 Å². The number of hydrogen-bond donors (Lipinski definition) is 4. The van der Waals surface area contributed by atoms with E-state index in [0.29, 0.717) is 5.69 Å². The van der Waals surface area contributed by atoms with E-state index in [2.05, 4.69) is 15.6 Å².